The Morgan fingerprint density at radius 2 is 2.05 bits per heavy atom. The van der Waals surface area contributed by atoms with Crippen molar-refractivity contribution >= 4 is 27.5 Å². The van der Waals surface area contributed by atoms with Gasteiger partial charge in [0.05, 0.1) is 15.6 Å². The summed E-state index contributed by atoms with van der Waals surface area (Å²) in [5, 5.41) is 9.90. The lowest BCUT2D eigenvalue weighted by molar-refractivity contribution is 0.199. The number of rotatable bonds is 4. The van der Waals surface area contributed by atoms with Crippen LogP contribution in [0.1, 0.15) is 24.2 Å². The quantitative estimate of drug-likeness (QED) is 0.843. The molecule has 5 heteroatoms. The molecule has 0 bridgehead atoms. The lowest BCUT2D eigenvalue weighted by atomic mass is 10.1. The minimum Gasteiger partial charge on any atom is -0.487 e. The first kappa shape index (κ1) is 15.3. The van der Waals surface area contributed by atoms with Crippen LogP contribution in [0.3, 0.4) is 0 Å². The average Bonchev–Trinajstić information content (AvgIpc) is 2.41. The Morgan fingerprint density at radius 1 is 1.30 bits per heavy atom. The largest absolute Gasteiger partial charge is 0.487 e. The third kappa shape index (κ3) is 3.72. The van der Waals surface area contributed by atoms with E-state index in [2.05, 4.69) is 15.9 Å². The van der Waals surface area contributed by atoms with E-state index in [9.17, 15) is 9.50 Å². The molecule has 20 heavy (non-hydrogen) atoms. The van der Waals surface area contributed by atoms with Gasteiger partial charge in [-0.3, -0.25) is 0 Å². The molecule has 1 atom stereocenters. The van der Waals surface area contributed by atoms with Crippen LogP contribution in [-0.2, 0) is 6.61 Å². The monoisotopic (exact) mass is 358 g/mol. The summed E-state index contributed by atoms with van der Waals surface area (Å²) >= 11 is 9.22. The Balaban J connectivity index is 2.09. The smallest absolute Gasteiger partial charge is 0.138 e. The van der Waals surface area contributed by atoms with E-state index in [4.69, 9.17) is 16.3 Å². The maximum atomic E-state index is 13.1. The Morgan fingerprint density at radius 3 is 2.65 bits per heavy atom. The van der Waals surface area contributed by atoms with Gasteiger partial charge in [-0.1, -0.05) is 23.7 Å². The average molecular weight is 360 g/mol. The highest BCUT2D eigenvalue weighted by Gasteiger charge is 2.07. The predicted molar refractivity (Wildman–Crippen MR) is 80.5 cm³/mol. The van der Waals surface area contributed by atoms with Crippen LogP contribution in [-0.4, -0.2) is 5.11 Å². The zero-order valence-corrected chi connectivity index (χ0v) is 13.1. The molecular weight excluding hydrogens is 347 g/mol. The number of benzene rings is 2. The number of aliphatic hydroxyl groups excluding tert-OH is 1. The van der Waals surface area contributed by atoms with Crippen LogP contribution in [0.15, 0.2) is 40.9 Å². The summed E-state index contributed by atoms with van der Waals surface area (Å²) in [5.41, 5.74) is 1.56. The fraction of sp³-hybridized carbons (Fsp3) is 0.200. The number of ether oxygens (including phenoxy) is 1. The van der Waals surface area contributed by atoms with Gasteiger partial charge in [-0.15, -0.1) is 0 Å². The molecule has 0 amide bonds. The molecule has 0 unspecified atom stereocenters. The molecule has 0 aliphatic heterocycles. The van der Waals surface area contributed by atoms with Gasteiger partial charge >= 0.3 is 0 Å². The van der Waals surface area contributed by atoms with Crippen LogP contribution in [0.5, 0.6) is 5.75 Å². The lowest BCUT2D eigenvalue weighted by Gasteiger charge is -2.11. The fourth-order valence-electron chi connectivity index (χ4n) is 1.68. The molecule has 0 heterocycles. The molecule has 0 aliphatic carbocycles. The Bertz CT molecular complexity index is 617. The molecule has 0 radical (unpaired) electrons. The first-order chi connectivity index (χ1) is 9.47. The van der Waals surface area contributed by atoms with Crippen LogP contribution in [0, 0.1) is 5.82 Å². The number of hydrogen-bond donors (Lipinski definition) is 1. The first-order valence-corrected chi connectivity index (χ1v) is 7.18. The van der Waals surface area contributed by atoms with Gasteiger partial charge in [0.25, 0.3) is 0 Å². The zero-order chi connectivity index (χ0) is 14.7. The standard InChI is InChI=1S/C15H13BrClFO2/c1-9(19)11-3-5-15(13(17)7-11)20-8-10-2-4-14(18)12(16)6-10/h2-7,9,19H,8H2,1H3/t9-/m0/s1. The van der Waals surface area contributed by atoms with E-state index in [1.54, 1.807) is 37.3 Å². The Labute approximate surface area is 130 Å². The van der Waals surface area contributed by atoms with E-state index in [0.717, 1.165) is 11.1 Å². The summed E-state index contributed by atoms with van der Waals surface area (Å²) in [6.07, 6.45) is -0.574. The molecule has 0 aromatic heterocycles. The summed E-state index contributed by atoms with van der Waals surface area (Å²) in [6, 6.07) is 9.82. The highest BCUT2D eigenvalue weighted by atomic mass is 79.9. The van der Waals surface area contributed by atoms with Crippen molar-refractivity contribution in [3.8, 4) is 5.75 Å². The molecule has 2 aromatic rings. The van der Waals surface area contributed by atoms with E-state index < -0.39 is 6.10 Å². The van der Waals surface area contributed by atoms with Crippen molar-refractivity contribution in [2.24, 2.45) is 0 Å². The number of aliphatic hydroxyl groups is 1. The van der Waals surface area contributed by atoms with Crippen molar-refractivity contribution in [3.05, 3.63) is 62.8 Å². The molecule has 0 aliphatic rings. The fourth-order valence-corrected chi connectivity index (χ4v) is 2.35. The molecule has 2 rings (SSSR count). The normalized spacial score (nSPS) is 12.2. The van der Waals surface area contributed by atoms with Crippen molar-refractivity contribution in [1.29, 1.82) is 0 Å². The highest BCUT2D eigenvalue weighted by Crippen LogP contribution is 2.28. The molecule has 2 aromatic carbocycles. The SMILES string of the molecule is C[C@H](O)c1ccc(OCc2ccc(F)c(Br)c2)c(Cl)c1. The molecular formula is C15H13BrClFO2. The van der Waals surface area contributed by atoms with Crippen LogP contribution in [0.25, 0.3) is 0 Å². The van der Waals surface area contributed by atoms with Crippen LogP contribution in [0.4, 0.5) is 4.39 Å². The van der Waals surface area contributed by atoms with E-state index in [0.29, 0.717) is 15.2 Å². The molecule has 2 nitrogen and oxygen atoms in total. The minimum atomic E-state index is -0.574. The maximum absolute atomic E-state index is 13.1. The van der Waals surface area contributed by atoms with Crippen molar-refractivity contribution < 1.29 is 14.2 Å². The summed E-state index contributed by atoms with van der Waals surface area (Å²) in [5.74, 6) is 0.213. The first-order valence-electron chi connectivity index (χ1n) is 6.01. The van der Waals surface area contributed by atoms with Gasteiger partial charge < -0.3 is 9.84 Å². The Kier molecular flexibility index (Phi) is 5.02. The second-order valence-electron chi connectivity index (χ2n) is 4.40. The molecule has 0 saturated carbocycles. The van der Waals surface area contributed by atoms with Crippen LogP contribution in [0.2, 0.25) is 5.02 Å². The topological polar surface area (TPSA) is 29.5 Å². The van der Waals surface area contributed by atoms with Crippen LogP contribution >= 0.6 is 27.5 Å². The summed E-state index contributed by atoms with van der Waals surface area (Å²) in [4.78, 5) is 0. The second kappa shape index (κ2) is 6.57. The van der Waals surface area contributed by atoms with Crippen molar-refractivity contribution in [3.63, 3.8) is 0 Å². The van der Waals surface area contributed by atoms with Gasteiger partial charge in [0, 0.05) is 0 Å². The maximum Gasteiger partial charge on any atom is 0.138 e. The Hall–Kier alpha value is -1.10. The van der Waals surface area contributed by atoms with Gasteiger partial charge in [-0.05, 0) is 58.2 Å². The van der Waals surface area contributed by atoms with E-state index >= 15 is 0 Å². The molecule has 0 saturated heterocycles. The molecule has 0 spiro atoms. The second-order valence-corrected chi connectivity index (χ2v) is 5.66. The summed E-state index contributed by atoms with van der Waals surface area (Å²) in [7, 11) is 0. The third-order valence-electron chi connectivity index (χ3n) is 2.82. The van der Waals surface area contributed by atoms with Crippen molar-refractivity contribution in [1.82, 2.24) is 0 Å². The molecule has 0 fully saturated rings. The van der Waals surface area contributed by atoms with Gasteiger partial charge in [0.2, 0.25) is 0 Å². The summed E-state index contributed by atoms with van der Waals surface area (Å²) in [6.45, 7) is 1.95. The molecule has 106 valence electrons. The molecule has 1 N–H and O–H groups in total. The van der Waals surface area contributed by atoms with Gasteiger partial charge in [0.15, 0.2) is 0 Å². The zero-order valence-electron chi connectivity index (χ0n) is 10.7. The van der Waals surface area contributed by atoms with E-state index in [1.807, 2.05) is 0 Å². The minimum absolute atomic E-state index is 0.284. The van der Waals surface area contributed by atoms with Gasteiger partial charge in [0.1, 0.15) is 18.2 Å². The van der Waals surface area contributed by atoms with Gasteiger partial charge in [-0.25, -0.2) is 4.39 Å². The highest BCUT2D eigenvalue weighted by molar-refractivity contribution is 9.10. The van der Waals surface area contributed by atoms with Crippen molar-refractivity contribution in [2.75, 3.05) is 0 Å². The van der Waals surface area contributed by atoms with E-state index in [1.165, 1.54) is 6.07 Å². The third-order valence-corrected chi connectivity index (χ3v) is 3.72. The van der Waals surface area contributed by atoms with Crippen LogP contribution < -0.4 is 4.74 Å². The lowest BCUT2D eigenvalue weighted by Crippen LogP contribution is -1.98. The van der Waals surface area contributed by atoms with E-state index in [-0.39, 0.29) is 12.4 Å². The van der Waals surface area contributed by atoms with Crippen molar-refractivity contribution in [2.45, 2.75) is 19.6 Å². The predicted octanol–water partition coefficient (Wildman–Crippen LogP) is 4.87. The van der Waals surface area contributed by atoms with Gasteiger partial charge in [-0.2, -0.15) is 0 Å². The number of halogens is 3. The number of hydrogen-bond acceptors (Lipinski definition) is 2. The summed E-state index contributed by atoms with van der Waals surface area (Å²) < 4.78 is 19.1.